The Labute approximate surface area is 149 Å². The van der Waals surface area contributed by atoms with Crippen LogP contribution in [0.1, 0.15) is 60.3 Å². The van der Waals surface area contributed by atoms with Crippen LogP contribution in [-0.4, -0.2) is 41.8 Å². The van der Waals surface area contributed by atoms with E-state index in [-0.39, 0.29) is 18.1 Å². The Kier molecular flexibility index (Phi) is 7.58. The van der Waals surface area contributed by atoms with Crippen LogP contribution in [0.5, 0.6) is 0 Å². The molecule has 0 radical (unpaired) electrons. The fourth-order valence-electron chi connectivity index (χ4n) is 2.74. The van der Waals surface area contributed by atoms with Crippen LogP contribution < -0.4 is 10.6 Å². The molecule has 2 unspecified atom stereocenters. The number of rotatable bonds is 5. The minimum atomic E-state index is -0.754. The highest BCUT2D eigenvalue weighted by atomic mass is 16.6. The molecule has 2 N–H and O–H groups in total. The zero-order valence-electron chi connectivity index (χ0n) is 15.8. The molecule has 0 aliphatic carbocycles. The second-order valence-electron chi connectivity index (χ2n) is 7.85. The molecule has 7 nitrogen and oxygen atoms in total. The first-order valence-corrected chi connectivity index (χ1v) is 8.85. The molecule has 0 aromatic heterocycles. The molecule has 1 fully saturated rings. The number of hydrogen-bond acceptors (Lipinski definition) is 5. The number of alkyl carbamates (subject to hydrolysis) is 1. The maximum Gasteiger partial charge on any atom is 0.408 e. The molecule has 7 heteroatoms. The zero-order chi connectivity index (χ0) is 19.2. The Morgan fingerprint density at radius 1 is 1.24 bits per heavy atom. The van der Waals surface area contributed by atoms with Gasteiger partial charge in [0.15, 0.2) is 5.78 Å². The molecule has 1 heterocycles. The third-order valence-electron chi connectivity index (χ3n) is 3.99. The van der Waals surface area contributed by atoms with Crippen molar-refractivity contribution in [2.24, 2.45) is 11.8 Å². The molecule has 0 bridgehead atoms. The van der Waals surface area contributed by atoms with E-state index in [0.29, 0.717) is 13.0 Å². The van der Waals surface area contributed by atoms with Gasteiger partial charge < -0.3 is 15.4 Å². The average molecular weight is 354 g/mol. The molecule has 1 saturated heterocycles. The molecule has 142 valence electrons. The van der Waals surface area contributed by atoms with Crippen LogP contribution in [0.2, 0.25) is 0 Å². The normalized spacial score (nSPS) is 20.3. The van der Waals surface area contributed by atoms with Gasteiger partial charge in [0.05, 0.1) is 6.04 Å². The topological polar surface area (TPSA) is 102 Å². The van der Waals surface area contributed by atoms with E-state index in [9.17, 15) is 19.2 Å². The van der Waals surface area contributed by atoms with E-state index in [1.165, 1.54) is 0 Å². The molecule has 2 amide bonds. The van der Waals surface area contributed by atoms with E-state index in [0.717, 1.165) is 12.8 Å². The minimum absolute atomic E-state index is 0.0507. The summed E-state index contributed by atoms with van der Waals surface area (Å²) in [5, 5.41) is 5.15. The summed E-state index contributed by atoms with van der Waals surface area (Å²) >= 11 is 0. The highest BCUT2D eigenvalue weighted by molar-refractivity contribution is 6.37. The number of carbonyl (C=O) groups is 4. The van der Waals surface area contributed by atoms with E-state index < -0.39 is 35.3 Å². The van der Waals surface area contributed by atoms with Crippen LogP contribution in [0.15, 0.2) is 0 Å². The van der Waals surface area contributed by atoms with Gasteiger partial charge in [-0.25, -0.2) is 4.79 Å². The Morgan fingerprint density at radius 3 is 2.44 bits per heavy atom. The van der Waals surface area contributed by atoms with E-state index in [2.05, 4.69) is 10.6 Å². The van der Waals surface area contributed by atoms with E-state index >= 15 is 0 Å². The van der Waals surface area contributed by atoms with Crippen molar-refractivity contribution >= 4 is 23.6 Å². The number of amides is 2. The van der Waals surface area contributed by atoms with Gasteiger partial charge in [-0.05, 0) is 39.5 Å². The number of hydrogen-bond donors (Lipinski definition) is 2. The molecule has 25 heavy (non-hydrogen) atoms. The van der Waals surface area contributed by atoms with Crippen LogP contribution in [0.4, 0.5) is 4.79 Å². The van der Waals surface area contributed by atoms with E-state index in [1.807, 2.05) is 13.8 Å². The summed E-state index contributed by atoms with van der Waals surface area (Å²) in [6, 6.07) is -0.754. The Bertz CT molecular complexity index is 522. The Hall–Kier alpha value is -1.92. The fourth-order valence-corrected chi connectivity index (χ4v) is 2.74. The highest BCUT2D eigenvalue weighted by Gasteiger charge is 2.33. The number of Topliss-reactive ketones (excluding diaryl/α,β-unsaturated/α-hetero) is 2. The molecule has 1 aliphatic heterocycles. The molecular formula is C18H30N2O5. The number of ketones is 2. The molecule has 1 rings (SSSR count). The first kappa shape index (κ1) is 21.1. The van der Waals surface area contributed by atoms with Gasteiger partial charge in [-0.2, -0.15) is 0 Å². The SMILES string of the molecule is CC(C)C(NC(=O)OC(C)(C)C)C(=O)CC1CCCCNC(=O)C1=O. The summed E-state index contributed by atoms with van der Waals surface area (Å²) in [5.74, 6) is -2.22. The van der Waals surface area contributed by atoms with Gasteiger partial charge in [-0.3, -0.25) is 14.4 Å². The van der Waals surface area contributed by atoms with Gasteiger partial charge >= 0.3 is 6.09 Å². The molecule has 2 atom stereocenters. The van der Waals surface area contributed by atoms with Gasteiger partial charge in [0.1, 0.15) is 5.60 Å². The van der Waals surface area contributed by atoms with Crippen LogP contribution in [0.3, 0.4) is 0 Å². The number of ether oxygens (including phenoxy) is 1. The number of carbonyl (C=O) groups excluding carboxylic acids is 4. The summed E-state index contributed by atoms with van der Waals surface area (Å²) in [6.07, 6.45) is 1.35. The van der Waals surface area contributed by atoms with Gasteiger partial charge in [0, 0.05) is 18.9 Å². The largest absolute Gasteiger partial charge is 0.444 e. The lowest BCUT2D eigenvalue weighted by atomic mass is 9.86. The lowest BCUT2D eigenvalue weighted by molar-refractivity contribution is -0.142. The van der Waals surface area contributed by atoms with Crippen LogP contribution in [0.25, 0.3) is 0 Å². The highest BCUT2D eigenvalue weighted by Crippen LogP contribution is 2.19. The average Bonchev–Trinajstić information content (AvgIpc) is 2.46. The Morgan fingerprint density at radius 2 is 1.88 bits per heavy atom. The summed E-state index contributed by atoms with van der Waals surface area (Å²) in [5.41, 5.74) is -0.664. The monoisotopic (exact) mass is 354 g/mol. The van der Waals surface area contributed by atoms with Gasteiger partial charge in [0.2, 0.25) is 5.78 Å². The molecule has 0 saturated carbocycles. The summed E-state index contributed by atoms with van der Waals surface area (Å²) in [6.45, 7) is 9.33. The second-order valence-corrected chi connectivity index (χ2v) is 7.85. The maximum absolute atomic E-state index is 12.7. The number of nitrogens with one attached hydrogen (secondary N) is 2. The summed E-state index contributed by atoms with van der Waals surface area (Å²) in [4.78, 5) is 48.5. The fraction of sp³-hybridized carbons (Fsp3) is 0.778. The summed E-state index contributed by atoms with van der Waals surface area (Å²) in [7, 11) is 0. The lowest BCUT2D eigenvalue weighted by Gasteiger charge is -2.26. The van der Waals surface area contributed by atoms with E-state index in [1.54, 1.807) is 20.8 Å². The van der Waals surface area contributed by atoms with Crippen molar-refractivity contribution in [1.29, 1.82) is 0 Å². The predicted molar refractivity (Wildman–Crippen MR) is 93.0 cm³/mol. The van der Waals surface area contributed by atoms with Crippen molar-refractivity contribution in [3.63, 3.8) is 0 Å². The van der Waals surface area contributed by atoms with Gasteiger partial charge in [-0.1, -0.05) is 20.3 Å². The van der Waals surface area contributed by atoms with E-state index in [4.69, 9.17) is 4.74 Å². The van der Waals surface area contributed by atoms with Crippen molar-refractivity contribution in [3.05, 3.63) is 0 Å². The van der Waals surface area contributed by atoms with Gasteiger partial charge in [0.25, 0.3) is 5.91 Å². The molecular weight excluding hydrogens is 324 g/mol. The van der Waals surface area contributed by atoms with Crippen molar-refractivity contribution in [2.45, 2.75) is 71.9 Å². The van der Waals surface area contributed by atoms with Crippen LogP contribution in [-0.2, 0) is 19.1 Å². The summed E-state index contributed by atoms with van der Waals surface area (Å²) < 4.78 is 5.20. The molecule has 1 aliphatic rings. The zero-order valence-corrected chi connectivity index (χ0v) is 15.8. The van der Waals surface area contributed by atoms with Crippen molar-refractivity contribution < 1.29 is 23.9 Å². The van der Waals surface area contributed by atoms with Crippen molar-refractivity contribution in [3.8, 4) is 0 Å². The van der Waals surface area contributed by atoms with Crippen LogP contribution in [0, 0.1) is 11.8 Å². The molecule has 0 spiro atoms. The minimum Gasteiger partial charge on any atom is -0.444 e. The molecule has 0 aromatic carbocycles. The van der Waals surface area contributed by atoms with Crippen LogP contribution >= 0.6 is 0 Å². The molecule has 0 aromatic rings. The maximum atomic E-state index is 12.7. The third-order valence-corrected chi connectivity index (χ3v) is 3.99. The quantitative estimate of drug-likeness (QED) is 0.735. The lowest BCUT2D eigenvalue weighted by Crippen LogP contribution is -2.47. The smallest absolute Gasteiger partial charge is 0.408 e. The van der Waals surface area contributed by atoms with Crippen molar-refractivity contribution in [1.82, 2.24) is 10.6 Å². The van der Waals surface area contributed by atoms with Crippen molar-refractivity contribution in [2.75, 3.05) is 6.54 Å². The first-order valence-electron chi connectivity index (χ1n) is 8.85. The van der Waals surface area contributed by atoms with Gasteiger partial charge in [-0.15, -0.1) is 0 Å². The standard InChI is InChI=1S/C18H30N2O5/c1-11(2)14(20-17(24)25-18(3,4)5)13(21)10-12-8-6-7-9-19-16(23)15(12)22/h11-12,14H,6-10H2,1-5H3,(H,19,23)(H,20,24). The third kappa shape index (κ3) is 7.23. The Balaban J connectivity index is 2.76. The second kappa shape index (κ2) is 8.97. The predicted octanol–water partition coefficient (Wildman–Crippen LogP) is 1.98. The first-order chi connectivity index (χ1) is 11.5.